The van der Waals surface area contributed by atoms with Crippen molar-refractivity contribution in [2.45, 2.75) is 38.5 Å². The van der Waals surface area contributed by atoms with E-state index in [2.05, 4.69) is 10.3 Å². The summed E-state index contributed by atoms with van der Waals surface area (Å²) in [6.07, 6.45) is 0.957. The zero-order chi connectivity index (χ0) is 22.2. The highest BCUT2D eigenvalue weighted by Crippen LogP contribution is 2.29. The fourth-order valence-electron chi connectivity index (χ4n) is 4.05. The number of amides is 1. The number of nitrogens with zero attached hydrogens (tertiary/aromatic N) is 4. The molecule has 31 heavy (non-hydrogen) atoms. The van der Waals surface area contributed by atoms with Gasteiger partial charge in [-0.15, -0.1) is 0 Å². The number of fused-ring (bicyclic) bond motifs is 1. The highest BCUT2D eigenvalue weighted by Gasteiger charge is 2.35. The quantitative estimate of drug-likeness (QED) is 0.602. The lowest BCUT2D eigenvalue weighted by Gasteiger charge is -2.33. The van der Waals surface area contributed by atoms with E-state index in [0.717, 1.165) is 11.3 Å². The minimum atomic E-state index is -3.75. The molecule has 0 aliphatic carbocycles. The second-order valence-electron chi connectivity index (χ2n) is 7.92. The molecule has 3 aromatic rings. The summed E-state index contributed by atoms with van der Waals surface area (Å²) >= 11 is 0. The first-order valence-corrected chi connectivity index (χ1v) is 11.9. The topological polar surface area (TPSA) is 96.6 Å². The Morgan fingerprint density at radius 1 is 1.13 bits per heavy atom. The lowest BCUT2D eigenvalue weighted by molar-refractivity contribution is -0.123. The predicted molar refractivity (Wildman–Crippen MR) is 117 cm³/mol. The minimum absolute atomic E-state index is 0.0469. The standard InChI is InChI=1S/C22H26N4O4S/c1-4-26(18-9-8-15(2)16(3)14-18)22(27)17-10-12-25(13-11-17)31(28,29)20-7-5-6-19-21(20)24-30-23-19/h5-9,14,17H,4,10-13H2,1-3H3. The van der Waals surface area contributed by atoms with Crippen LogP contribution in [0.2, 0.25) is 0 Å². The van der Waals surface area contributed by atoms with Gasteiger partial charge in [0.1, 0.15) is 10.4 Å². The molecular formula is C22H26N4O4S. The summed E-state index contributed by atoms with van der Waals surface area (Å²) in [6, 6.07) is 10.8. The van der Waals surface area contributed by atoms with Crippen molar-refractivity contribution in [1.82, 2.24) is 14.6 Å². The van der Waals surface area contributed by atoms with Crippen LogP contribution < -0.4 is 4.90 Å². The SMILES string of the molecule is CCN(C(=O)C1CCN(S(=O)(=O)c2cccc3nonc23)CC1)c1ccc(C)c(C)c1. The summed E-state index contributed by atoms with van der Waals surface area (Å²) in [5, 5.41) is 7.47. The van der Waals surface area contributed by atoms with Crippen molar-refractivity contribution in [1.29, 1.82) is 0 Å². The third kappa shape index (κ3) is 3.95. The van der Waals surface area contributed by atoms with E-state index >= 15 is 0 Å². The minimum Gasteiger partial charge on any atom is -0.312 e. The molecule has 0 unspecified atom stereocenters. The number of aryl methyl sites for hydroxylation is 2. The lowest BCUT2D eigenvalue weighted by Crippen LogP contribution is -2.44. The number of anilines is 1. The van der Waals surface area contributed by atoms with Crippen LogP contribution in [-0.2, 0) is 14.8 Å². The number of benzene rings is 2. The van der Waals surface area contributed by atoms with Crippen LogP contribution in [0.25, 0.3) is 11.0 Å². The molecule has 1 amide bonds. The third-order valence-corrected chi connectivity index (χ3v) is 7.98. The molecule has 164 valence electrons. The summed E-state index contributed by atoms with van der Waals surface area (Å²) in [5.41, 5.74) is 3.84. The average Bonchev–Trinajstić information content (AvgIpc) is 3.25. The van der Waals surface area contributed by atoms with Crippen LogP contribution in [0.4, 0.5) is 5.69 Å². The summed E-state index contributed by atoms with van der Waals surface area (Å²) in [6.45, 7) is 7.17. The molecule has 0 radical (unpaired) electrons. The van der Waals surface area contributed by atoms with Gasteiger partial charge in [0, 0.05) is 31.2 Å². The van der Waals surface area contributed by atoms with Crippen LogP contribution in [0, 0.1) is 19.8 Å². The number of carbonyl (C=O) groups excluding carboxylic acids is 1. The Hall–Kier alpha value is -2.78. The summed E-state index contributed by atoms with van der Waals surface area (Å²) in [7, 11) is -3.75. The van der Waals surface area contributed by atoms with E-state index in [0.29, 0.717) is 24.9 Å². The van der Waals surface area contributed by atoms with E-state index in [9.17, 15) is 13.2 Å². The van der Waals surface area contributed by atoms with Crippen molar-refractivity contribution in [3.05, 3.63) is 47.5 Å². The van der Waals surface area contributed by atoms with E-state index in [1.807, 2.05) is 39.0 Å². The molecule has 1 saturated heterocycles. The molecule has 0 atom stereocenters. The second kappa shape index (κ2) is 8.39. The van der Waals surface area contributed by atoms with Crippen molar-refractivity contribution in [2.75, 3.05) is 24.5 Å². The average molecular weight is 443 g/mol. The molecule has 0 saturated carbocycles. The Morgan fingerprint density at radius 2 is 1.87 bits per heavy atom. The first kappa shape index (κ1) is 21.5. The van der Waals surface area contributed by atoms with E-state index < -0.39 is 10.0 Å². The molecule has 9 heteroatoms. The van der Waals surface area contributed by atoms with Gasteiger partial charge in [0.2, 0.25) is 15.9 Å². The molecule has 1 aliphatic rings. The number of piperidine rings is 1. The van der Waals surface area contributed by atoms with Crippen LogP contribution in [0.3, 0.4) is 0 Å². The van der Waals surface area contributed by atoms with Gasteiger partial charge < -0.3 is 4.90 Å². The molecule has 0 bridgehead atoms. The molecule has 0 spiro atoms. The summed E-state index contributed by atoms with van der Waals surface area (Å²) < 4.78 is 32.5. The van der Waals surface area contributed by atoms with Crippen LogP contribution >= 0.6 is 0 Å². The van der Waals surface area contributed by atoms with Crippen molar-refractivity contribution in [2.24, 2.45) is 5.92 Å². The fraction of sp³-hybridized carbons (Fsp3) is 0.409. The predicted octanol–water partition coefficient (Wildman–Crippen LogP) is 3.29. The Kier molecular flexibility index (Phi) is 5.81. The Labute approximate surface area is 181 Å². The van der Waals surface area contributed by atoms with Crippen molar-refractivity contribution in [3.8, 4) is 0 Å². The van der Waals surface area contributed by atoms with Crippen molar-refractivity contribution >= 4 is 32.7 Å². The van der Waals surface area contributed by atoms with Crippen LogP contribution in [-0.4, -0.2) is 48.6 Å². The fourth-order valence-corrected chi connectivity index (χ4v) is 5.66. The number of hydrogen-bond acceptors (Lipinski definition) is 6. The van der Waals surface area contributed by atoms with E-state index in [-0.39, 0.29) is 35.3 Å². The van der Waals surface area contributed by atoms with E-state index in [1.54, 1.807) is 17.0 Å². The summed E-state index contributed by atoms with van der Waals surface area (Å²) in [5.74, 6) is -0.164. The Morgan fingerprint density at radius 3 is 2.55 bits per heavy atom. The second-order valence-corrected chi connectivity index (χ2v) is 9.82. The molecule has 1 aliphatic heterocycles. The van der Waals surface area contributed by atoms with Gasteiger partial charge in [-0.2, -0.15) is 4.31 Å². The maximum absolute atomic E-state index is 13.2. The monoisotopic (exact) mass is 442 g/mol. The van der Waals surface area contributed by atoms with Crippen molar-refractivity contribution in [3.63, 3.8) is 0 Å². The largest absolute Gasteiger partial charge is 0.312 e. The summed E-state index contributed by atoms with van der Waals surface area (Å²) in [4.78, 5) is 15.1. The van der Waals surface area contributed by atoms with Crippen LogP contribution in [0.15, 0.2) is 45.9 Å². The van der Waals surface area contributed by atoms with Gasteiger partial charge in [0.05, 0.1) is 0 Å². The number of sulfonamides is 1. The molecule has 1 aromatic heterocycles. The van der Waals surface area contributed by atoms with Gasteiger partial charge in [-0.25, -0.2) is 13.0 Å². The first-order valence-electron chi connectivity index (χ1n) is 10.4. The molecule has 1 fully saturated rings. The van der Waals surface area contributed by atoms with E-state index in [4.69, 9.17) is 4.63 Å². The van der Waals surface area contributed by atoms with Gasteiger partial charge in [-0.1, -0.05) is 12.1 Å². The van der Waals surface area contributed by atoms with Crippen LogP contribution in [0.5, 0.6) is 0 Å². The number of rotatable bonds is 5. The van der Waals surface area contributed by atoms with Gasteiger partial charge >= 0.3 is 0 Å². The maximum Gasteiger partial charge on any atom is 0.245 e. The van der Waals surface area contributed by atoms with Crippen LogP contribution in [0.1, 0.15) is 30.9 Å². The van der Waals surface area contributed by atoms with Gasteiger partial charge in [0.25, 0.3) is 0 Å². The zero-order valence-corrected chi connectivity index (χ0v) is 18.7. The smallest absolute Gasteiger partial charge is 0.245 e. The Bertz CT molecular complexity index is 1210. The zero-order valence-electron chi connectivity index (χ0n) is 17.9. The molecule has 2 heterocycles. The highest BCUT2D eigenvalue weighted by molar-refractivity contribution is 7.89. The molecule has 2 aromatic carbocycles. The molecule has 8 nitrogen and oxygen atoms in total. The number of carbonyl (C=O) groups is 1. The molecule has 0 N–H and O–H groups in total. The highest BCUT2D eigenvalue weighted by atomic mass is 32.2. The normalized spacial score (nSPS) is 16.0. The Balaban J connectivity index is 1.49. The van der Waals surface area contributed by atoms with Crippen molar-refractivity contribution < 1.29 is 17.8 Å². The third-order valence-electron chi connectivity index (χ3n) is 6.05. The number of aromatic nitrogens is 2. The maximum atomic E-state index is 13.2. The molecular weight excluding hydrogens is 416 g/mol. The molecule has 4 rings (SSSR count). The number of hydrogen-bond donors (Lipinski definition) is 0. The van der Waals surface area contributed by atoms with Gasteiger partial charge in [0.15, 0.2) is 5.52 Å². The lowest BCUT2D eigenvalue weighted by atomic mass is 9.96. The van der Waals surface area contributed by atoms with Gasteiger partial charge in [-0.05, 0) is 79.3 Å². The first-order chi connectivity index (χ1) is 14.8. The van der Waals surface area contributed by atoms with Gasteiger partial charge in [-0.3, -0.25) is 4.79 Å². The van der Waals surface area contributed by atoms with E-state index in [1.165, 1.54) is 15.9 Å².